The molecule has 3 rings (SSSR count). The summed E-state index contributed by atoms with van der Waals surface area (Å²) >= 11 is 0. The molecule has 0 aromatic carbocycles. The van der Waals surface area contributed by atoms with Crippen molar-refractivity contribution in [3.63, 3.8) is 0 Å². The Labute approximate surface area is 110 Å². The summed E-state index contributed by atoms with van der Waals surface area (Å²) in [4.78, 5) is 0. The fourth-order valence-corrected chi connectivity index (χ4v) is 3.04. The summed E-state index contributed by atoms with van der Waals surface area (Å²) in [5, 5.41) is 11.7. The summed E-state index contributed by atoms with van der Waals surface area (Å²) in [7, 11) is -1.37. The lowest BCUT2D eigenvalue weighted by Gasteiger charge is -2.01. The molecule has 0 atom stereocenters. The van der Waals surface area contributed by atoms with Crippen LogP contribution in [0.1, 0.15) is 18.5 Å². The van der Waals surface area contributed by atoms with Crippen LogP contribution >= 0.6 is 0 Å². The van der Waals surface area contributed by atoms with Crippen LogP contribution in [0.15, 0.2) is 18.6 Å². The van der Waals surface area contributed by atoms with Crippen LogP contribution < -0.4 is 4.72 Å². The summed E-state index contributed by atoms with van der Waals surface area (Å²) in [5.41, 5.74) is 1.36. The molecular formula is C10H14N6O2S. The van der Waals surface area contributed by atoms with Gasteiger partial charge in [0.05, 0.1) is 36.1 Å². The fraction of sp³-hybridized carbons (Fsp3) is 0.500. The lowest BCUT2D eigenvalue weighted by Crippen LogP contribution is -2.26. The molecule has 1 N–H and O–H groups in total. The van der Waals surface area contributed by atoms with Crippen LogP contribution in [-0.4, -0.2) is 38.4 Å². The van der Waals surface area contributed by atoms with E-state index in [1.54, 1.807) is 28.0 Å². The molecule has 0 spiro atoms. The van der Waals surface area contributed by atoms with E-state index in [1.165, 1.54) is 0 Å². The van der Waals surface area contributed by atoms with Gasteiger partial charge in [-0.25, -0.2) is 17.8 Å². The van der Waals surface area contributed by atoms with E-state index in [0.29, 0.717) is 5.69 Å². The number of rotatable bonds is 5. The van der Waals surface area contributed by atoms with E-state index < -0.39 is 10.0 Å². The van der Waals surface area contributed by atoms with Crippen molar-refractivity contribution >= 4 is 10.0 Å². The maximum atomic E-state index is 11.7. The molecule has 19 heavy (non-hydrogen) atoms. The predicted octanol–water partition coefficient (Wildman–Crippen LogP) is -0.417. The average molecular weight is 282 g/mol. The van der Waals surface area contributed by atoms with E-state index in [9.17, 15) is 8.42 Å². The number of hydrogen-bond acceptors (Lipinski definition) is 5. The Bertz CT molecular complexity index is 684. The minimum absolute atomic E-state index is 0.166. The first-order valence-electron chi connectivity index (χ1n) is 5.93. The van der Waals surface area contributed by atoms with Gasteiger partial charge in [-0.2, -0.15) is 5.10 Å². The third-order valence-electron chi connectivity index (χ3n) is 2.91. The standard InChI is InChI=1S/C10H14N6O2S/c1-15-7-9(5-11-15)16-6-8(13-14-16)4-12-19(17,18)10-2-3-10/h5-7,10,12H,2-4H2,1H3. The van der Waals surface area contributed by atoms with Crippen molar-refractivity contribution in [3.05, 3.63) is 24.3 Å². The normalized spacial score (nSPS) is 15.8. The molecule has 102 valence electrons. The van der Waals surface area contributed by atoms with Crippen molar-refractivity contribution in [3.8, 4) is 5.69 Å². The molecule has 1 fully saturated rings. The molecular weight excluding hydrogens is 268 g/mol. The van der Waals surface area contributed by atoms with Gasteiger partial charge in [0, 0.05) is 7.05 Å². The van der Waals surface area contributed by atoms with Crippen molar-refractivity contribution in [1.29, 1.82) is 0 Å². The van der Waals surface area contributed by atoms with Crippen molar-refractivity contribution in [2.45, 2.75) is 24.6 Å². The molecule has 0 amide bonds. The molecule has 8 nitrogen and oxygen atoms in total. The smallest absolute Gasteiger partial charge is 0.214 e. The summed E-state index contributed by atoms with van der Waals surface area (Å²) in [6.07, 6.45) is 6.64. The van der Waals surface area contributed by atoms with Crippen molar-refractivity contribution < 1.29 is 8.42 Å². The summed E-state index contributed by atoms with van der Waals surface area (Å²) < 4.78 is 29.1. The van der Waals surface area contributed by atoms with Gasteiger partial charge in [0.15, 0.2) is 0 Å². The van der Waals surface area contributed by atoms with Gasteiger partial charge in [-0.1, -0.05) is 5.21 Å². The van der Waals surface area contributed by atoms with Crippen LogP contribution in [0.2, 0.25) is 0 Å². The van der Waals surface area contributed by atoms with Gasteiger partial charge in [-0.3, -0.25) is 4.68 Å². The topological polar surface area (TPSA) is 94.7 Å². The molecule has 0 radical (unpaired) electrons. The third-order valence-corrected chi connectivity index (χ3v) is 4.81. The lowest BCUT2D eigenvalue weighted by molar-refractivity contribution is 0.579. The van der Waals surface area contributed by atoms with E-state index in [1.807, 2.05) is 7.05 Å². The Morgan fingerprint density at radius 1 is 1.42 bits per heavy atom. The van der Waals surface area contributed by atoms with Crippen molar-refractivity contribution in [2.24, 2.45) is 7.05 Å². The molecule has 0 bridgehead atoms. The molecule has 2 aromatic heterocycles. The first kappa shape index (κ1) is 12.3. The Balaban J connectivity index is 1.68. The molecule has 2 heterocycles. The van der Waals surface area contributed by atoms with Gasteiger partial charge >= 0.3 is 0 Å². The Morgan fingerprint density at radius 3 is 2.84 bits per heavy atom. The fourth-order valence-electron chi connectivity index (χ4n) is 1.70. The maximum Gasteiger partial charge on any atom is 0.214 e. The second kappa shape index (κ2) is 4.42. The molecule has 1 saturated carbocycles. The number of nitrogens with one attached hydrogen (secondary N) is 1. The highest BCUT2D eigenvalue weighted by atomic mass is 32.2. The van der Waals surface area contributed by atoms with Crippen LogP contribution in [-0.2, 0) is 23.6 Å². The summed E-state index contributed by atoms with van der Waals surface area (Å²) in [5.74, 6) is 0. The Morgan fingerprint density at radius 2 is 2.21 bits per heavy atom. The SMILES string of the molecule is Cn1cc(-n2cc(CNS(=O)(=O)C3CC3)nn2)cn1. The molecule has 2 aromatic rings. The summed E-state index contributed by atoms with van der Waals surface area (Å²) in [6.45, 7) is 0.166. The molecule has 0 saturated heterocycles. The minimum Gasteiger partial charge on any atom is -0.274 e. The maximum absolute atomic E-state index is 11.7. The quantitative estimate of drug-likeness (QED) is 0.804. The van der Waals surface area contributed by atoms with E-state index in [4.69, 9.17) is 0 Å². The van der Waals surface area contributed by atoms with Gasteiger partial charge < -0.3 is 0 Å². The van der Waals surface area contributed by atoms with Crippen LogP contribution in [0.25, 0.3) is 5.69 Å². The van der Waals surface area contributed by atoms with Gasteiger partial charge in [0.25, 0.3) is 0 Å². The number of aromatic nitrogens is 5. The van der Waals surface area contributed by atoms with Crippen molar-refractivity contribution in [1.82, 2.24) is 29.5 Å². The van der Waals surface area contributed by atoms with Crippen LogP contribution in [0, 0.1) is 0 Å². The zero-order valence-electron chi connectivity index (χ0n) is 10.4. The van der Waals surface area contributed by atoms with Crippen LogP contribution in [0.3, 0.4) is 0 Å². The molecule has 9 heteroatoms. The Hall–Kier alpha value is -1.74. The second-order valence-corrected chi connectivity index (χ2v) is 6.64. The van der Waals surface area contributed by atoms with E-state index in [2.05, 4.69) is 20.1 Å². The zero-order valence-corrected chi connectivity index (χ0v) is 11.2. The minimum atomic E-state index is -3.18. The first-order valence-corrected chi connectivity index (χ1v) is 7.48. The van der Waals surface area contributed by atoms with Gasteiger partial charge in [-0.05, 0) is 12.8 Å². The predicted molar refractivity (Wildman–Crippen MR) is 66.9 cm³/mol. The first-order chi connectivity index (χ1) is 9.04. The van der Waals surface area contributed by atoms with E-state index >= 15 is 0 Å². The van der Waals surface area contributed by atoms with Crippen LogP contribution in [0.4, 0.5) is 0 Å². The Kier molecular flexibility index (Phi) is 2.86. The molecule has 0 aliphatic heterocycles. The summed E-state index contributed by atoms with van der Waals surface area (Å²) in [6, 6.07) is 0. The van der Waals surface area contributed by atoms with Gasteiger partial charge in [0.2, 0.25) is 10.0 Å². The number of hydrogen-bond donors (Lipinski definition) is 1. The zero-order chi connectivity index (χ0) is 13.5. The highest BCUT2D eigenvalue weighted by Crippen LogP contribution is 2.27. The third kappa shape index (κ3) is 2.66. The molecule has 1 aliphatic carbocycles. The molecule has 0 unspecified atom stereocenters. The second-order valence-electron chi connectivity index (χ2n) is 4.59. The van der Waals surface area contributed by atoms with Crippen molar-refractivity contribution in [2.75, 3.05) is 0 Å². The van der Waals surface area contributed by atoms with Gasteiger partial charge in [-0.15, -0.1) is 5.10 Å². The molecule has 1 aliphatic rings. The number of aryl methyl sites for hydroxylation is 1. The van der Waals surface area contributed by atoms with E-state index in [-0.39, 0.29) is 11.8 Å². The number of sulfonamides is 1. The highest BCUT2D eigenvalue weighted by molar-refractivity contribution is 7.90. The van der Waals surface area contributed by atoms with E-state index in [0.717, 1.165) is 18.5 Å². The average Bonchev–Trinajstić information content (AvgIpc) is 2.99. The van der Waals surface area contributed by atoms with Gasteiger partial charge in [0.1, 0.15) is 5.69 Å². The van der Waals surface area contributed by atoms with Crippen LogP contribution in [0.5, 0.6) is 0 Å². The lowest BCUT2D eigenvalue weighted by atomic mass is 10.5. The largest absolute Gasteiger partial charge is 0.274 e. The highest BCUT2D eigenvalue weighted by Gasteiger charge is 2.35. The number of nitrogens with zero attached hydrogens (tertiary/aromatic N) is 5. The monoisotopic (exact) mass is 282 g/mol.